The number of unbranched alkanes of at least 4 members (excludes halogenated alkanes) is 1. The zero-order valence-electron chi connectivity index (χ0n) is 20.3. The van der Waals surface area contributed by atoms with Gasteiger partial charge in [-0.15, -0.1) is 0 Å². The van der Waals surface area contributed by atoms with Gasteiger partial charge < -0.3 is 14.2 Å². The first-order valence-electron chi connectivity index (χ1n) is 11.9. The van der Waals surface area contributed by atoms with Gasteiger partial charge in [0.05, 0.1) is 25.2 Å². The molecule has 0 bridgehead atoms. The summed E-state index contributed by atoms with van der Waals surface area (Å²) in [4.78, 5) is 15.3. The first-order valence-corrected chi connectivity index (χ1v) is 13.3. The minimum absolute atomic E-state index is 0.118. The average molecular weight is 490 g/mol. The van der Waals surface area contributed by atoms with E-state index in [1.807, 2.05) is 24.3 Å². The molecule has 0 aromatic heterocycles. The third-order valence-corrected chi connectivity index (χ3v) is 8.79. The van der Waals surface area contributed by atoms with Gasteiger partial charge in [-0.05, 0) is 68.1 Å². The Morgan fingerprint density at radius 2 is 1.59 bits per heavy atom. The molecule has 2 aromatic rings. The summed E-state index contributed by atoms with van der Waals surface area (Å²) >= 11 is 0. The van der Waals surface area contributed by atoms with Crippen LogP contribution < -0.4 is 9.47 Å². The normalized spacial score (nSPS) is 16.1. The van der Waals surface area contributed by atoms with Crippen LogP contribution >= 0.6 is 0 Å². The quantitative estimate of drug-likeness (QED) is 0.345. The number of esters is 1. The van der Waals surface area contributed by atoms with Gasteiger partial charge in [-0.2, -0.15) is 0 Å². The Bertz CT molecular complexity index is 1030. The van der Waals surface area contributed by atoms with E-state index in [0.717, 1.165) is 24.2 Å². The molecule has 0 amide bonds. The summed E-state index contributed by atoms with van der Waals surface area (Å²) in [5.74, 6) is 0.742. The summed E-state index contributed by atoms with van der Waals surface area (Å²) < 4.78 is 42.1. The molecule has 2 aromatic carbocycles. The fourth-order valence-electron chi connectivity index (χ4n) is 4.18. The van der Waals surface area contributed by atoms with E-state index >= 15 is 0 Å². The van der Waals surface area contributed by atoms with Gasteiger partial charge in [0.25, 0.3) is 0 Å². The lowest BCUT2D eigenvalue weighted by atomic mass is 9.95. The molecule has 1 saturated heterocycles. The van der Waals surface area contributed by atoms with Crippen molar-refractivity contribution in [1.82, 2.24) is 4.90 Å². The molecule has 1 heterocycles. The fraction of sp³-hybridized carbons (Fsp3) is 0.500. The molecule has 1 aliphatic rings. The largest absolute Gasteiger partial charge is 0.497 e. The summed E-state index contributed by atoms with van der Waals surface area (Å²) in [6.07, 6.45) is 2.31. The Labute approximate surface area is 202 Å². The third-order valence-electron chi connectivity index (χ3n) is 6.29. The molecule has 0 atom stereocenters. The number of methoxy groups -OCH3 is 1. The molecule has 0 unspecified atom stereocenters. The molecule has 0 spiro atoms. The lowest BCUT2D eigenvalue weighted by molar-refractivity contribution is -0.147. The molecule has 186 valence electrons. The zero-order chi connectivity index (χ0) is 24.6. The van der Waals surface area contributed by atoms with Gasteiger partial charge in [-0.3, -0.25) is 9.69 Å². The molecule has 1 fully saturated rings. The molecule has 0 N–H and O–H groups in total. The number of hydrogen-bond donors (Lipinski definition) is 0. The second-order valence-corrected chi connectivity index (χ2v) is 10.8. The Morgan fingerprint density at radius 3 is 2.15 bits per heavy atom. The number of piperidine rings is 1. The number of ether oxygens (including phenoxy) is 3. The minimum atomic E-state index is -3.97. The number of hydrogen-bond acceptors (Lipinski definition) is 7. The van der Waals surface area contributed by atoms with Gasteiger partial charge in [0.2, 0.25) is 0 Å². The summed E-state index contributed by atoms with van der Waals surface area (Å²) in [6.45, 7) is 6.11. The van der Waals surface area contributed by atoms with Crippen molar-refractivity contribution < 1.29 is 27.4 Å². The highest BCUT2D eigenvalue weighted by Crippen LogP contribution is 2.37. The predicted octanol–water partition coefficient (Wildman–Crippen LogP) is 4.25. The van der Waals surface area contributed by atoms with E-state index < -0.39 is 20.6 Å². The van der Waals surface area contributed by atoms with E-state index in [9.17, 15) is 13.2 Å². The van der Waals surface area contributed by atoms with Crippen LogP contribution in [0.15, 0.2) is 53.4 Å². The van der Waals surface area contributed by atoms with Crippen molar-refractivity contribution in [2.45, 2.75) is 55.7 Å². The summed E-state index contributed by atoms with van der Waals surface area (Å²) in [6, 6.07) is 14.2. The van der Waals surface area contributed by atoms with E-state index in [1.165, 1.54) is 12.1 Å². The second-order valence-electron chi connectivity index (χ2n) is 8.52. The summed E-state index contributed by atoms with van der Waals surface area (Å²) in [5, 5.41) is 0. The van der Waals surface area contributed by atoms with E-state index in [2.05, 4.69) is 11.8 Å². The average Bonchev–Trinajstić information content (AvgIpc) is 2.85. The van der Waals surface area contributed by atoms with Gasteiger partial charge in [-0.1, -0.05) is 25.5 Å². The van der Waals surface area contributed by atoms with Crippen LogP contribution in [0.2, 0.25) is 0 Å². The topological polar surface area (TPSA) is 82.1 Å². The Morgan fingerprint density at radius 1 is 0.971 bits per heavy atom. The number of likely N-dealkylation sites (tertiary alicyclic amines) is 1. The van der Waals surface area contributed by atoms with Crippen LogP contribution in [-0.2, 0) is 25.9 Å². The summed E-state index contributed by atoms with van der Waals surface area (Å²) in [5.41, 5.74) is 1.10. The molecule has 8 heteroatoms. The van der Waals surface area contributed by atoms with Crippen LogP contribution in [0.1, 0.15) is 45.1 Å². The zero-order valence-corrected chi connectivity index (χ0v) is 21.1. The molecular formula is C26H35NO6S. The smallest absolute Gasteiger partial charge is 0.327 e. The highest BCUT2D eigenvalue weighted by Gasteiger charge is 2.54. The fourth-order valence-corrected chi connectivity index (χ4v) is 6.13. The molecule has 7 nitrogen and oxygen atoms in total. The van der Waals surface area contributed by atoms with Crippen molar-refractivity contribution in [3.8, 4) is 11.5 Å². The lowest BCUT2D eigenvalue weighted by Gasteiger charge is -2.39. The van der Waals surface area contributed by atoms with Gasteiger partial charge in [0.15, 0.2) is 14.6 Å². The number of sulfone groups is 1. The first kappa shape index (κ1) is 26.0. The third kappa shape index (κ3) is 5.73. The van der Waals surface area contributed by atoms with E-state index in [4.69, 9.17) is 14.2 Å². The first-order chi connectivity index (χ1) is 16.4. The number of nitrogens with zero attached hydrogens (tertiary/aromatic N) is 1. The SMILES string of the molecule is CCCCOc1ccc(S(=O)(=O)C2(C(=O)OCC)CCN(Cc3ccc(OC)cc3)CC2)cc1. The van der Waals surface area contributed by atoms with Crippen LogP contribution in [0.3, 0.4) is 0 Å². The van der Waals surface area contributed by atoms with Gasteiger partial charge in [-0.25, -0.2) is 8.42 Å². The molecule has 34 heavy (non-hydrogen) atoms. The Kier molecular flexibility index (Phi) is 8.97. The Hall–Kier alpha value is -2.58. The van der Waals surface area contributed by atoms with Crippen molar-refractivity contribution >= 4 is 15.8 Å². The van der Waals surface area contributed by atoms with Gasteiger partial charge >= 0.3 is 5.97 Å². The maximum Gasteiger partial charge on any atom is 0.327 e. The van der Waals surface area contributed by atoms with Crippen LogP contribution in [0.4, 0.5) is 0 Å². The lowest BCUT2D eigenvalue weighted by Crippen LogP contribution is -2.54. The highest BCUT2D eigenvalue weighted by molar-refractivity contribution is 7.93. The van der Waals surface area contributed by atoms with E-state index in [1.54, 1.807) is 26.2 Å². The van der Waals surface area contributed by atoms with E-state index in [-0.39, 0.29) is 24.3 Å². The molecule has 0 radical (unpaired) electrons. The maximum absolute atomic E-state index is 13.8. The number of carbonyl (C=O) groups is 1. The molecule has 3 rings (SSSR count). The Balaban J connectivity index is 1.77. The predicted molar refractivity (Wildman–Crippen MR) is 131 cm³/mol. The van der Waals surface area contributed by atoms with Crippen molar-refractivity contribution in [2.75, 3.05) is 33.4 Å². The molecule has 1 aliphatic heterocycles. The molecular weight excluding hydrogens is 454 g/mol. The highest BCUT2D eigenvalue weighted by atomic mass is 32.2. The van der Waals surface area contributed by atoms with Crippen LogP contribution in [0.5, 0.6) is 11.5 Å². The number of rotatable bonds is 11. The second kappa shape index (κ2) is 11.7. The monoisotopic (exact) mass is 489 g/mol. The molecule has 0 aliphatic carbocycles. The van der Waals surface area contributed by atoms with Crippen LogP contribution in [-0.4, -0.2) is 57.4 Å². The minimum Gasteiger partial charge on any atom is -0.497 e. The number of benzene rings is 2. The van der Waals surface area contributed by atoms with Crippen LogP contribution in [0, 0.1) is 0 Å². The van der Waals surface area contributed by atoms with Gasteiger partial charge in [0.1, 0.15) is 11.5 Å². The van der Waals surface area contributed by atoms with Crippen molar-refractivity contribution in [2.24, 2.45) is 0 Å². The maximum atomic E-state index is 13.8. The summed E-state index contributed by atoms with van der Waals surface area (Å²) in [7, 11) is -2.34. The van der Waals surface area contributed by atoms with Crippen molar-refractivity contribution in [3.05, 3.63) is 54.1 Å². The molecule has 0 saturated carbocycles. The number of carbonyl (C=O) groups excluding carboxylic acids is 1. The van der Waals surface area contributed by atoms with Gasteiger partial charge in [0, 0.05) is 19.6 Å². The van der Waals surface area contributed by atoms with E-state index in [0.29, 0.717) is 32.0 Å². The van der Waals surface area contributed by atoms with Crippen molar-refractivity contribution in [3.63, 3.8) is 0 Å². The van der Waals surface area contributed by atoms with Crippen LogP contribution in [0.25, 0.3) is 0 Å². The standard InChI is InChI=1S/C26H35NO6S/c1-4-6-19-33-23-11-13-24(14-12-23)34(29,30)26(25(28)32-5-2)15-17-27(18-16-26)20-21-7-9-22(31-3)10-8-21/h7-14H,4-6,15-20H2,1-3H3. The van der Waals surface area contributed by atoms with Crippen molar-refractivity contribution in [1.29, 1.82) is 0 Å².